The van der Waals surface area contributed by atoms with Crippen LogP contribution in [0.4, 0.5) is 8.78 Å². The number of rotatable bonds is 12. The van der Waals surface area contributed by atoms with E-state index >= 15 is 0 Å². The molecule has 1 aliphatic rings. The summed E-state index contributed by atoms with van der Waals surface area (Å²) < 4.78 is 69.7. The lowest BCUT2D eigenvalue weighted by atomic mass is 10.0. The lowest BCUT2D eigenvalue weighted by Crippen LogP contribution is -2.25. The number of hydrogen-bond acceptors (Lipinski definition) is 8. The van der Waals surface area contributed by atoms with E-state index in [0.29, 0.717) is 9.75 Å². The van der Waals surface area contributed by atoms with E-state index in [1.165, 1.54) is 53.9 Å². The van der Waals surface area contributed by atoms with Crippen LogP contribution in [-0.4, -0.2) is 27.6 Å². The van der Waals surface area contributed by atoms with Crippen molar-refractivity contribution >= 4 is 61.9 Å². The predicted octanol–water partition coefficient (Wildman–Crippen LogP) is 7.71. The summed E-state index contributed by atoms with van der Waals surface area (Å²) in [6, 6.07) is 10.8. The Hall–Kier alpha value is -3.16. The number of carbonyl (C=O) groups is 1. The molecule has 2 aromatic carbocycles. The Balaban J connectivity index is 1.52. The van der Waals surface area contributed by atoms with E-state index < -0.39 is 28.5 Å². The lowest BCUT2D eigenvalue weighted by Gasteiger charge is -2.21. The second-order valence-corrected chi connectivity index (χ2v) is 13.9. The Bertz CT molecular complexity index is 1760. The Morgan fingerprint density at radius 2 is 1.70 bits per heavy atom. The van der Waals surface area contributed by atoms with Gasteiger partial charge in [0.25, 0.3) is 0 Å². The summed E-state index contributed by atoms with van der Waals surface area (Å²) in [7, 11) is -4.14. The van der Waals surface area contributed by atoms with Crippen molar-refractivity contribution in [2.24, 2.45) is 5.92 Å². The van der Waals surface area contributed by atoms with Gasteiger partial charge in [-0.1, -0.05) is 40.9 Å². The van der Waals surface area contributed by atoms with Crippen LogP contribution in [0.1, 0.15) is 39.7 Å². The molecule has 1 saturated carbocycles. The second-order valence-electron chi connectivity index (χ2n) is 9.80. The van der Waals surface area contributed by atoms with Gasteiger partial charge < -0.3 is 19.4 Å². The van der Waals surface area contributed by atoms with Crippen LogP contribution in [0.15, 0.2) is 76.1 Å². The molecule has 0 unspecified atom stereocenters. The van der Waals surface area contributed by atoms with E-state index in [1.807, 2.05) is 0 Å². The Labute approximate surface area is 270 Å². The van der Waals surface area contributed by atoms with Gasteiger partial charge in [-0.3, -0.25) is 0 Å². The first-order valence-corrected chi connectivity index (χ1v) is 16.5. The van der Waals surface area contributed by atoms with Gasteiger partial charge in [-0.2, -0.15) is 13.5 Å². The summed E-state index contributed by atoms with van der Waals surface area (Å²) in [6.45, 7) is -2.84. The molecule has 2 heterocycles. The first-order chi connectivity index (χ1) is 20.9. The van der Waals surface area contributed by atoms with Crippen LogP contribution in [0.5, 0.6) is 11.5 Å². The monoisotopic (exact) mass is 703 g/mol. The van der Waals surface area contributed by atoms with Gasteiger partial charge in [0, 0.05) is 17.0 Å². The number of esters is 1. The number of ether oxygens (including phenoxy) is 3. The van der Waals surface area contributed by atoms with Crippen LogP contribution in [0.3, 0.4) is 0 Å². The molecular formula is C29H22Cl3F2NO7S2. The molecule has 0 N–H and O–H groups in total. The van der Waals surface area contributed by atoms with E-state index in [2.05, 4.69) is 4.74 Å². The predicted molar refractivity (Wildman–Crippen MR) is 160 cm³/mol. The number of pyridine rings is 1. The zero-order chi connectivity index (χ0) is 31.6. The van der Waals surface area contributed by atoms with Crippen LogP contribution in [0, 0.1) is 11.1 Å². The summed E-state index contributed by atoms with van der Waals surface area (Å²) in [6.07, 6.45) is 2.68. The smallest absolute Gasteiger partial charge is 0.387 e. The minimum absolute atomic E-state index is 0.000494. The molecule has 2 aromatic heterocycles. The number of alkyl halides is 2. The van der Waals surface area contributed by atoms with Crippen molar-refractivity contribution in [3.05, 3.63) is 103 Å². The number of halogens is 5. The zero-order valence-corrected chi connectivity index (χ0v) is 26.3. The average Bonchev–Trinajstić information content (AvgIpc) is 3.65. The molecule has 1 fully saturated rings. The highest BCUT2D eigenvalue weighted by Crippen LogP contribution is 2.39. The van der Waals surface area contributed by atoms with Gasteiger partial charge in [-0.05, 0) is 72.2 Å². The number of benzene rings is 2. The summed E-state index contributed by atoms with van der Waals surface area (Å²) in [5.41, 5.74) is 0.544. The third-order valence-electron chi connectivity index (χ3n) is 6.65. The van der Waals surface area contributed by atoms with Gasteiger partial charge in [0.05, 0.1) is 16.4 Å². The van der Waals surface area contributed by atoms with Crippen molar-refractivity contribution < 1.29 is 40.9 Å². The molecular weight excluding hydrogens is 683 g/mol. The molecule has 1 atom stereocenters. The highest BCUT2D eigenvalue weighted by molar-refractivity contribution is 7.91. The van der Waals surface area contributed by atoms with Gasteiger partial charge in [-0.15, -0.1) is 11.3 Å². The first-order valence-electron chi connectivity index (χ1n) is 13.0. The van der Waals surface area contributed by atoms with Crippen LogP contribution < -0.4 is 14.2 Å². The van der Waals surface area contributed by atoms with E-state index in [1.54, 1.807) is 0 Å². The van der Waals surface area contributed by atoms with Crippen LogP contribution in [0.2, 0.25) is 15.1 Å². The van der Waals surface area contributed by atoms with E-state index in [0.717, 1.165) is 36.6 Å². The molecule has 0 aliphatic heterocycles. The molecule has 1 aliphatic carbocycles. The summed E-state index contributed by atoms with van der Waals surface area (Å²) in [5.74, 6) is -0.909. The van der Waals surface area contributed by atoms with Crippen molar-refractivity contribution in [1.82, 2.24) is 0 Å². The molecule has 5 rings (SSSR count). The fourth-order valence-corrected chi connectivity index (χ4v) is 7.52. The number of thiophene rings is 1. The van der Waals surface area contributed by atoms with Gasteiger partial charge in [-0.25, -0.2) is 13.2 Å². The van der Waals surface area contributed by atoms with Crippen molar-refractivity contribution in [2.45, 2.75) is 41.8 Å². The normalized spacial score (nSPS) is 14.0. The van der Waals surface area contributed by atoms with Crippen LogP contribution in [-0.2, 0) is 21.0 Å². The molecule has 0 radical (unpaired) electrons. The zero-order valence-electron chi connectivity index (χ0n) is 22.4. The number of aromatic nitrogens is 1. The third kappa shape index (κ3) is 7.55. The number of hydrogen-bond donors (Lipinski definition) is 0. The molecule has 15 heteroatoms. The lowest BCUT2D eigenvalue weighted by molar-refractivity contribution is -0.605. The maximum atomic E-state index is 13.6. The van der Waals surface area contributed by atoms with Crippen molar-refractivity contribution in [3.63, 3.8) is 0 Å². The molecule has 0 spiro atoms. The number of carbonyl (C=O) groups excluding carboxylic acids is 1. The highest BCUT2D eigenvalue weighted by atomic mass is 35.5. The van der Waals surface area contributed by atoms with Crippen molar-refractivity contribution in [1.29, 1.82) is 0 Å². The topological polar surface area (TPSA) is 106 Å². The van der Waals surface area contributed by atoms with Crippen LogP contribution >= 0.6 is 46.1 Å². The maximum Gasteiger partial charge on any atom is 0.387 e. The summed E-state index contributed by atoms with van der Waals surface area (Å²) in [4.78, 5) is 13.1. The molecule has 0 saturated heterocycles. The average molecular weight is 705 g/mol. The van der Waals surface area contributed by atoms with Gasteiger partial charge in [0.2, 0.25) is 9.84 Å². The van der Waals surface area contributed by atoms with E-state index in [9.17, 15) is 27.2 Å². The molecule has 0 bridgehead atoms. The summed E-state index contributed by atoms with van der Waals surface area (Å²) in [5, 5.41) is 13.6. The second kappa shape index (κ2) is 13.5. The number of nitrogens with zero attached hydrogens (tertiary/aromatic N) is 1. The highest BCUT2D eigenvalue weighted by Gasteiger charge is 2.31. The Morgan fingerprint density at radius 1 is 1.02 bits per heavy atom. The molecule has 4 aromatic rings. The fourth-order valence-electron chi connectivity index (χ4n) is 4.24. The largest absolute Gasteiger partial charge is 0.619 e. The third-order valence-corrected chi connectivity index (χ3v) is 10.4. The molecule has 0 amide bonds. The molecule has 8 nitrogen and oxygen atoms in total. The van der Waals surface area contributed by atoms with E-state index in [4.69, 9.17) is 44.3 Å². The maximum absolute atomic E-state index is 13.6. The first kappa shape index (κ1) is 32.2. The fraction of sp³-hybridized carbons (Fsp3) is 0.241. The van der Waals surface area contributed by atoms with E-state index in [-0.39, 0.29) is 66.3 Å². The van der Waals surface area contributed by atoms with Gasteiger partial charge in [0.1, 0.15) is 21.0 Å². The Morgan fingerprint density at radius 3 is 2.34 bits per heavy atom. The Kier molecular flexibility index (Phi) is 9.86. The minimum atomic E-state index is -4.14. The minimum Gasteiger partial charge on any atom is -0.619 e. The van der Waals surface area contributed by atoms with Gasteiger partial charge >= 0.3 is 12.6 Å². The van der Waals surface area contributed by atoms with Crippen LogP contribution in [0.25, 0.3) is 0 Å². The molecule has 44 heavy (non-hydrogen) atoms. The quantitative estimate of drug-likeness (QED) is 0.0845. The van der Waals surface area contributed by atoms with Crippen molar-refractivity contribution in [2.75, 3.05) is 6.61 Å². The SMILES string of the molecule is O=C(O[C@@H](Cc1c(Cl)c[n+]([O-])cc1Cl)c1ccc(OC(F)F)c(OCC2CC2)c1)c1sccc1S(=O)(=O)c1ccc(Cl)cc1. The van der Waals surface area contributed by atoms with Crippen molar-refractivity contribution in [3.8, 4) is 11.5 Å². The molecule has 232 valence electrons. The summed E-state index contributed by atoms with van der Waals surface area (Å²) >= 11 is 19.4. The van der Waals surface area contributed by atoms with Gasteiger partial charge in [0.15, 0.2) is 23.9 Å². The standard InChI is InChI=1S/C29H22Cl3F2NO7S2/c30-18-4-6-19(7-5-18)44(38,39)26-9-10-43-27(26)28(36)41-24(12-20-21(31)13-35(37)14-22(20)32)17-3-8-23(42-29(33)34)25(11-17)40-15-16-1-2-16/h3-11,13-14,16,24,29H,1-2,12,15H2/t24-/m0/s1. The number of sulfone groups is 1.